The van der Waals surface area contributed by atoms with E-state index in [4.69, 9.17) is 0 Å². The highest BCUT2D eigenvalue weighted by atomic mass is 16.6. The molecule has 0 aliphatic rings. The van der Waals surface area contributed by atoms with Gasteiger partial charge in [0, 0.05) is 6.42 Å². The van der Waals surface area contributed by atoms with Crippen LogP contribution in [0.4, 0.5) is 11.4 Å². The van der Waals surface area contributed by atoms with E-state index in [1.165, 1.54) is 16.4 Å². The molecule has 3 aromatic rings. The number of carbonyl (C=O) groups is 1. The van der Waals surface area contributed by atoms with E-state index in [1.807, 2.05) is 25.5 Å². The fourth-order valence-corrected chi connectivity index (χ4v) is 3.15. The molecule has 29 heavy (non-hydrogen) atoms. The summed E-state index contributed by atoms with van der Waals surface area (Å²) in [5.74, 6) is -0.191. The number of hydrogen-bond acceptors (Lipinski definition) is 5. The van der Waals surface area contributed by atoms with Crippen LogP contribution < -0.4 is 5.32 Å². The molecule has 0 radical (unpaired) electrons. The van der Waals surface area contributed by atoms with E-state index in [9.17, 15) is 14.9 Å². The summed E-state index contributed by atoms with van der Waals surface area (Å²) in [5.41, 5.74) is 5.04. The molecule has 0 saturated carbocycles. The predicted molar refractivity (Wildman–Crippen MR) is 109 cm³/mol. The van der Waals surface area contributed by atoms with E-state index in [1.54, 1.807) is 6.92 Å². The SMILES string of the molecule is Cc1ccc(Cn2nc(C)c(NC(=O)CCn3ncc([N+](=O)[O-])c3C)c2C)cc1. The Morgan fingerprint density at radius 2 is 1.79 bits per heavy atom. The van der Waals surface area contributed by atoms with Crippen molar-refractivity contribution in [3.8, 4) is 0 Å². The van der Waals surface area contributed by atoms with Crippen molar-refractivity contribution in [2.45, 2.75) is 47.2 Å². The maximum atomic E-state index is 12.4. The molecule has 9 heteroatoms. The summed E-state index contributed by atoms with van der Waals surface area (Å²) in [7, 11) is 0. The predicted octanol–water partition coefficient (Wildman–Crippen LogP) is 3.30. The molecule has 1 amide bonds. The van der Waals surface area contributed by atoms with E-state index >= 15 is 0 Å². The number of nitrogens with zero attached hydrogens (tertiary/aromatic N) is 5. The second-order valence-electron chi connectivity index (χ2n) is 7.08. The van der Waals surface area contributed by atoms with E-state index in [0.29, 0.717) is 17.9 Å². The molecular formula is C20H24N6O3. The van der Waals surface area contributed by atoms with Crippen molar-refractivity contribution >= 4 is 17.3 Å². The van der Waals surface area contributed by atoms with Gasteiger partial charge in [0.2, 0.25) is 5.91 Å². The maximum absolute atomic E-state index is 12.4. The van der Waals surface area contributed by atoms with Crippen molar-refractivity contribution in [1.29, 1.82) is 0 Å². The van der Waals surface area contributed by atoms with Crippen molar-refractivity contribution in [3.05, 3.63) is 68.8 Å². The van der Waals surface area contributed by atoms with Crippen LogP contribution >= 0.6 is 0 Å². The zero-order valence-electron chi connectivity index (χ0n) is 17.0. The van der Waals surface area contributed by atoms with Gasteiger partial charge in [0.15, 0.2) is 0 Å². The first-order valence-electron chi connectivity index (χ1n) is 9.32. The quantitative estimate of drug-likeness (QED) is 0.487. The molecule has 2 heterocycles. The van der Waals surface area contributed by atoms with Crippen LogP contribution in [0.3, 0.4) is 0 Å². The van der Waals surface area contributed by atoms with Crippen LogP contribution in [0.1, 0.15) is 34.6 Å². The van der Waals surface area contributed by atoms with Crippen LogP contribution in [0, 0.1) is 37.8 Å². The minimum Gasteiger partial charge on any atom is -0.323 e. The van der Waals surface area contributed by atoms with Crippen molar-refractivity contribution in [3.63, 3.8) is 0 Å². The molecule has 0 spiro atoms. The topological polar surface area (TPSA) is 108 Å². The Labute approximate surface area is 168 Å². The van der Waals surface area contributed by atoms with Crippen molar-refractivity contribution < 1.29 is 9.72 Å². The lowest BCUT2D eigenvalue weighted by Crippen LogP contribution is -2.16. The van der Waals surface area contributed by atoms with Crippen LogP contribution in [0.25, 0.3) is 0 Å². The Morgan fingerprint density at radius 1 is 1.10 bits per heavy atom. The Balaban J connectivity index is 1.65. The third-order valence-corrected chi connectivity index (χ3v) is 4.92. The van der Waals surface area contributed by atoms with Gasteiger partial charge in [-0.3, -0.25) is 24.3 Å². The molecule has 2 aromatic heterocycles. The van der Waals surface area contributed by atoms with Crippen LogP contribution in [-0.2, 0) is 17.9 Å². The first-order chi connectivity index (χ1) is 13.8. The lowest BCUT2D eigenvalue weighted by atomic mass is 10.1. The molecule has 0 fully saturated rings. The van der Waals surface area contributed by atoms with E-state index < -0.39 is 4.92 Å². The Kier molecular flexibility index (Phi) is 5.76. The minimum atomic E-state index is -0.478. The van der Waals surface area contributed by atoms with Crippen molar-refractivity contribution in [2.75, 3.05) is 5.32 Å². The maximum Gasteiger partial charge on any atom is 0.309 e. The van der Waals surface area contributed by atoms with E-state index in [-0.39, 0.29) is 24.6 Å². The Hall–Kier alpha value is -3.49. The fourth-order valence-electron chi connectivity index (χ4n) is 3.15. The first-order valence-corrected chi connectivity index (χ1v) is 9.32. The highest BCUT2D eigenvalue weighted by Gasteiger charge is 2.18. The molecule has 0 bridgehead atoms. The van der Waals surface area contributed by atoms with Crippen LogP contribution in [0.15, 0.2) is 30.5 Å². The molecule has 0 saturated heterocycles. The molecular weight excluding hydrogens is 372 g/mol. The average Bonchev–Trinajstić information content (AvgIpc) is 3.16. The minimum absolute atomic E-state index is 0.0468. The number of amides is 1. The molecule has 3 rings (SSSR count). The number of nitro groups is 1. The molecule has 1 N–H and O–H groups in total. The number of nitrogens with one attached hydrogen (secondary N) is 1. The molecule has 1 aromatic carbocycles. The second kappa shape index (κ2) is 8.26. The molecule has 152 valence electrons. The summed E-state index contributed by atoms with van der Waals surface area (Å²) >= 11 is 0. The fraction of sp³-hybridized carbons (Fsp3) is 0.350. The number of benzene rings is 1. The third kappa shape index (κ3) is 4.50. The zero-order valence-corrected chi connectivity index (χ0v) is 17.0. The van der Waals surface area contributed by atoms with Gasteiger partial charge in [0.25, 0.3) is 0 Å². The van der Waals surface area contributed by atoms with Crippen molar-refractivity contribution in [2.24, 2.45) is 0 Å². The molecule has 0 aliphatic heterocycles. The summed E-state index contributed by atoms with van der Waals surface area (Å²) in [4.78, 5) is 22.8. The van der Waals surface area contributed by atoms with E-state index in [0.717, 1.165) is 17.0 Å². The van der Waals surface area contributed by atoms with Gasteiger partial charge in [-0.15, -0.1) is 0 Å². The molecule has 0 unspecified atom stereocenters. The molecule has 0 aliphatic carbocycles. The summed E-state index contributed by atoms with van der Waals surface area (Å²) in [6.07, 6.45) is 1.36. The van der Waals surface area contributed by atoms with Gasteiger partial charge in [0.1, 0.15) is 11.9 Å². The van der Waals surface area contributed by atoms with Gasteiger partial charge in [-0.05, 0) is 33.3 Å². The standard InChI is InChI=1S/C20H24N6O3/c1-13-5-7-17(8-6-13)12-25-16(4)20(14(2)23-25)22-19(27)9-10-24-15(3)18(11-21-24)26(28)29/h5-8,11H,9-10,12H2,1-4H3,(H,22,27). The van der Waals surface area contributed by atoms with Gasteiger partial charge in [0.05, 0.1) is 35.1 Å². The number of hydrogen-bond donors (Lipinski definition) is 1. The monoisotopic (exact) mass is 396 g/mol. The Bertz CT molecular complexity index is 1050. The lowest BCUT2D eigenvalue weighted by Gasteiger charge is -2.08. The number of anilines is 1. The summed E-state index contributed by atoms with van der Waals surface area (Å²) in [5, 5.41) is 22.4. The van der Waals surface area contributed by atoms with Gasteiger partial charge in [-0.25, -0.2) is 0 Å². The smallest absolute Gasteiger partial charge is 0.309 e. The second-order valence-corrected chi connectivity index (χ2v) is 7.08. The first kappa shape index (κ1) is 20.2. The van der Waals surface area contributed by atoms with Crippen molar-refractivity contribution in [1.82, 2.24) is 19.6 Å². The number of rotatable bonds is 7. The third-order valence-electron chi connectivity index (χ3n) is 4.92. The van der Waals surface area contributed by atoms with Gasteiger partial charge in [-0.1, -0.05) is 29.8 Å². The summed E-state index contributed by atoms with van der Waals surface area (Å²) in [6.45, 7) is 8.33. The highest BCUT2D eigenvalue weighted by molar-refractivity contribution is 5.91. The van der Waals surface area contributed by atoms with Gasteiger partial charge in [-0.2, -0.15) is 10.2 Å². The average molecular weight is 396 g/mol. The zero-order chi connectivity index (χ0) is 21.1. The van der Waals surface area contributed by atoms with E-state index in [2.05, 4.69) is 39.8 Å². The number of aryl methyl sites for hydroxylation is 3. The molecule has 0 atom stereocenters. The number of carbonyl (C=O) groups excluding carboxylic acids is 1. The van der Waals surface area contributed by atoms with Gasteiger partial charge < -0.3 is 5.32 Å². The summed E-state index contributed by atoms with van der Waals surface area (Å²) < 4.78 is 3.34. The lowest BCUT2D eigenvalue weighted by molar-refractivity contribution is -0.385. The Morgan fingerprint density at radius 3 is 2.41 bits per heavy atom. The van der Waals surface area contributed by atoms with Crippen LogP contribution in [-0.4, -0.2) is 30.4 Å². The highest BCUT2D eigenvalue weighted by Crippen LogP contribution is 2.21. The largest absolute Gasteiger partial charge is 0.323 e. The summed E-state index contributed by atoms with van der Waals surface area (Å²) in [6, 6.07) is 8.25. The van der Waals surface area contributed by atoms with Gasteiger partial charge >= 0.3 is 5.69 Å². The molecule has 9 nitrogen and oxygen atoms in total. The normalized spacial score (nSPS) is 10.9. The van der Waals surface area contributed by atoms with Crippen LogP contribution in [0.2, 0.25) is 0 Å². The van der Waals surface area contributed by atoms with Crippen LogP contribution in [0.5, 0.6) is 0 Å². The number of aromatic nitrogens is 4.